The molecule has 9 nitrogen and oxygen atoms in total. The maximum atomic E-state index is 14.9. The lowest BCUT2D eigenvalue weighted by atomic mass is 10.0. The van der Waals surface area contributed by atoms with Gasteiger partial charge in [0.25, 0.3) is 5.91 Å². The quantitative estimate of drug-likeness (QED) is 0.458. The van der Waals surface area contributed by atoms with E-state index in [2.05, 4.69) is 20.4 Å². The minimum atomic E-state index is -0.464. The average molecular weight is 476 g/mol. The van der Waals surface area contributed by atoms with Crippen molar-refractivity contribution in [2.75, 3.05) is 32.8 Å². The van der Waals surface area contributed by atoms with Gasteiger partial charge in [0, 0.05) is 38.3 Å². The zero-order valence-electron chi connectivity index (χ0n) is 18.0. The van der Waals surface area contributed by atoms with Crippen LogP contribution < -0.4 is 12.4 Å². The van der Waals surface area contributed by atoms with E-state index in [4.69, 9.17) is 9.15 Å². The van der Waals surface area contributed by atoms with Crippen molar-refractivity contribution in [3.63, 3.8) is 0 Å². The number of rotatable bonds is 6. The second-order valence-corrected chi connectivity index (χ2v) is 8.08. The number of aromatic nitrogens is 4. The van der Waals surface area contributed by atoms with Crippen LogP contribution in [0.5, 0.6) is 0 Å². The van der Waals surface area contributed by atoms with Gasteiger partial charge >= 0.3 is 0 Å². The highest BCUT2D eigenvalue weighted by atomic mass is 35.5. The van der Waals surface area contributed by atoms with Crippen LogP contribution in [0, 0.1) is 5.82 Å². The molecule has 2 unspecified atom stereocenters. The summed E-state index contributed by atoms with van der Waals surface area (Å²) >= 11 is 0. The maximum absolute atomic E-state index is 14.9. The average Bonchev–Trinajstić information content (AvgIpc) is 3.60. The van der Waals surface area contributed by atoms with Gasteiger partial charge in [-0.15, -0.1) is 5.10 Å². The first kappa shape index (κ1) is 23.3. The number of carbonyl (C=O) groups excluding carboxylic acids is 1. The number of benzene rings is 1. The summed E-state index contributed by atoms with van der Waals surface area (Å²) < 4.78 is 27.6. The molecular weight excluding hydrogens is 451 g/mol. The van der Waals surface area contributed by atoms with E-state index in [0.717, 1.165) is 19.4 Å². The molecule has 2 aliphatic heterocycles. The molecule has 3 aromatic rings. The van der Waals surface area contributed by atoms with Gasteiger partial charge in [-0.3, -0.25) is 9.69 Å². The van der Waals surface area contributed by atoms with Crippen LogP contribution in [0.3, 0.4) is 0 Å². The first-order chi connectivity index (χ1) is 15.7. The minimum absolute atomic E-state index is 0. The number of nitrogens with zero attached hydrogens (tertiary/aromatic N) is 6. The summed E-state index contributed by atoms with van der Waals surface area (Å²) in [7, 11) is 0. The van der Waals surface area contributed by atoms with Gasteiger partial charge in [0.2, 0.25) is 0 Å². The fraction of sp³-hybridized carbons (Fsp3) is 0.455. The molecule has 176 valence electrons. The SMILES string of the molecule is O=C(c1ccco1)N1CCN(C(c2ccccc2F)c2nnnn2CC2CCCO2)CC1.[Cl-]. The van der Waals surface area contributed by atoms with Crippen LogP contribution in [0.25, 0.3) is 0 Å². The van der Waals surface area contributed by atoms with Gasteiger partial charge in [-0.2, -0.15) is 0 Å². The summed E-state index contributed by atoms with van der Waals surface area (Å²) in [5, 5.41) is 12.4. The van der Waals surface area contributed by atoms with Gasteiger partial charge < -0.3 is 26.5 Å². The Morgan fingerprint density at radius 3 is 2.67 bits per heavy atom. The fourth-order valence-corrected chi connectivity index (χ4v) is 4.45. The number of amides is 1. The number of halogens is 2. The predicted octanol–water partition coefficient (Wildman–Crippen LogP) is -0.864. The Hall–Kier alpha value is -2.82. The molecule has 33 heavy (non-hydrogen) atoms. The van der Waals surface area contributed by atoms with E-state index < -0.39 is 6.04 Å². The van der Waals surface area contributed by atoms with Crippen LogP contribution in [-0.2, 0) is 11.3 Å². The number of piperazine rings is 1. The molecule has 0 N–H and O–H groups in total. The number of tetrazole rings is 1. The van der Waals surface area contributed by atoms with Gasteiger partial charge in [0.05, 0.1) is 18.9 Å². The van der Waals surface area contributed by atoms with Crippen molar-refractivity contribution in [3.05, 3.63) is 65.6 Å². The third-order valence-electron chi connectivity index (χ3n) is 6.10. The van der Waals surface area contributed by atoms with Crippen LogP contribution in [0.15, 0.2) is 47.1 Å². The zero-order chi connectivity index (χ0) is 21.9. The summed E-state index contributed by atoms with van der Waals surface area (Å²) in [6.07, 6.45) is 3.52. The first-order valence-electron chi connectivity index (χ1n) is 10.9. The van der Waals surface area contributed by atoms with Gasteiger partial charge in [0.15, 0.2) is 11.6 Å². The van der Waals surface area contributed by atoms with E-state index >= 15 is 0 Å². The van der Waals surface area contributed by atoms with Crippen LogP contribution in [0.2, 0.25) is 0 Å². The highest BCUT2D eigenvalue weighted by Crippen LogP contribution is 2.30. The third-order valence-corrected chi connectivity index (χ3v) is 6.10. The molecule has 0 radical (unpaired) electrons. The summed E-state index contributed by atoms with van der Waals surface area (Å²) in [6.45, 7) is 3.38. The fourth-order valence-electron chi connectivity index (χ4n) is 4.45. The molecule has 5 rings (SSSR count). The van der Waals surface area contributed by atoms with Crippen LogP contribution in [-0.4, -0.2) is 74.8 Å². The molecule has 2 saturated heterocycles. The molecule has 0 spiro atoms. The normalized spacial score (nSPS) is 19.9. The van der Waals surface area contributed by atoms with Crippen molar-refractivity contribution in [1.82, 2.24) is 30.0 Å². The molecule has 1 aromatic carbocycles. The Balaban J connectivity index is 0.00000259. The number of ether oxygens (including phenoxy) is 1. The van der Waals surface area contributed by atoms with Crippen LogP contribution in [0.4, 0.5) is 4.39 Å². The van der Waals surface area contributed by atoms with Crippen LogP contribution in [0.1, 0.15) is 40.8 Å². The monoisotopic (exact) mass is 475 g/mol. The van der Waals surface area contributed by atoms with E-state index in [1.807, 2.05) is 6.07 Å². The Morgan fingerprint density at radius 2 is 1.97 bits per heavy atom. The van der Waals surface area contributed by atoms with E-state index in [1.165, 1.54) is 12.3 Å². The van der Waals surface area contributed by atoms with Crippen molar-refractivity contribution >= 4 is 5.91 Å². The van der Waals surface area contributed by atoms with Crippen LogP contribution >= 0.6 is 0 Å². The second kappa shape index (κ2) is 10.4. The van der Waals surface area contributed by atoms with E-state index in [0.29, 0.717) is 49.9 Å². The van der Waals surface area contributed by atoms with Crippen molar-refractivity contribution < 1.29 is 30.7 Å². The largest absolute Gasteiger partial charge is 1.00 e. The standard InChI is InChI=1S/C22H25FN6O3.ClH/c23-18-7-2-1-6-17(18)20(21-24-25-26-29(21)15-16-5-3-13-31-16)27-9-11-28(12-10-27)22(30)19-8-4-14-32-19;/h1-2,4,6-8,14,16,20H,3,5,9-13,15H2;1H/p-1. The lowest BCUT2D eigenvalue weighted by Crippen LogP contribution is -3.00. The van der Waals surface area contributed by atoms with Crippen molar-refractivity contribution in [1.29, 1.82) is 0 Å². The highest BCUT2D eigenvalue weighted by Gasteiger charge is 2.34. The second-order valence-electron chi connectivity index (χ2n) is 8.08. The minimum Gasteiger partial charge on any atom is -1.00 e. The lowest BCUT2D eigenvalue weighted by molar-refractivity contribution is -0.0000192. The molecule has 2 aromatic heterocycles. The van der Waals surface area contributed by atoms with Gasteiger partial charge in [-0.1, -0.05) is 18.2 Å². The highest BCUT2D eigenvalue weighted by molar-refractivity contribution is 5.91. The summed E-state index contributed by atoms with van der Waals surface area (Å²) in [4.78, 5) is 16.5. The predicted molar refractivity (Wildman–Crippen MR) is 111 cm³/mol. The number of hydrogen-bond donors (Lipinski definition) is 0. The first-order valence-corrected chi connectivity index (χ1v) is 10.9. The summed E-state index contributed by atoms with van der Waals surface area (Å²) in [6, 6.07) is 9.61. The summed E-state index contributed by atoms with van der Waals surface area (Å²) in [5.74, 6) is 0.458. The number of hydrogen-bond acceptors (Lipinski definition) is 7. The van der Waals surface area contributed by atoms with Gasteiger partial charge in [-0.05, 0) is 41.5 Å². The third kappa shape index (κ3) is 4.92. The topological polar surface area (TPSA) is 89.5 Å². The molecule has 11 heteroatoms. The number of carbonyl (C=O) groups is 1. The molecule has 0 saturated carbocycles. The molecule has 0 aliphatic carbocycles. The molecule has 0 bridgehead atoms. The van der Waals surface area contributed by atoms with Gasteiger partial charge in [0.1, 0.15) is 11.9 Å². The van der Waals surface area contributed by atoms with Crippen molar-refractivity contribution in [2.24, 2.45) is 0 Å². The Labute approximate surface area is 196 Å². The molecule has 1 amide bonds. The lowest BCUT2D eigenvalue weighted by Gasteiger charge is -2.38. The smallest absolute Gasteiger partial charge is 0.289 e. The molecular formula is C22H25ClFN6O3-. The van der Waals surface area contributed by atoms with E-state index in [-0.39, 0.29) is 30.2 Å². The van der Waals surface area contributed by atoms with Gasteiger partial charge in [-0.25, -0.2) is 9.07 Å². The Kier molecular flexibility index (Phi) is 7.36. The van der Waals surface area contributed by atoms with Crippen molar-refractivity contribution in [2.45, 2.75) is 31.5 Å². The molecule has 2 atom stereocenters. The van der Waals surface area contributed by atoms with E-state index in [1.54, 1.807) is 33.8 Å². The Bertz CT molecular complexity index is 1050. The zero-order valence-corrected chi connectivity index (χ0v) is 18.8. The van der Waals surface area contributed by atoms with Crippen molar-refractivity contribution in [3.8, 4) is 0 Å². The Morgan fingerprint density at radius 1 is 1.15 bits per heavy atom. The van der Waals surface area contributed by atoms with E-state index in [9.17, 15) is 9.18 Å². The molecule has 2 fully saturated rings. The molecule has 2 aliphatic rings. The molecule has 4 heterocycles. The maximum Gasteiger partial charge on any atom is 0.289 e. The summed E-state index contributed by atoms with van der Waals surface area (Å²) in [5.41, 5.74) is 0.515. The number of furan rings is 1.